The third-order valence-corrected chi connectivity index (χ3v) is 2.67. The number of hydrogen-bond acceptors (Lipinski definition) is 3. The summed E-state index contributed by atoms with van der Waals surface area (Å²) in [6.07, 6.45) is 1.63. The third kappa shape index (κ3) is 1.65. The van der Waals surface area contributed by atoms with Crippen LogP contribution in [0.25, 0.3) is 10.9 Å². The van der Waals surface area contributed by atoms with Gasteiger partial charge in [-0.2, -0.15) is 0 Å². The van der Waals surface area contributed by atoms with Crippen LogP contribution in [0.3, 0.4) is 0 Å². The molecule has 0 N–H and O–H groups in total. The summed E-state index contributed by atoms with van der Waals surface area (Å²) in [6, 6.07) is 8.09. The molecule has 13 heavy (non-hydrogen) atoms. The highest BCUT2D eigenvalue weighted by Crippen LogP contribution is 2.23. The first-order chi connectivity index (χ1) is 6.42. The molecule has 0 saturated heterocycles. The number of para-hydroxylation sites is 1. The van der Waals surface area contributed by atoms with Gasteiger partial charge >= 0.3 is 0 Å². The number of hydrogen-bond donors (Lipinski definition) is 0. The molecule has 0 aliphatic rings. The van der Waals surface area contributed by atoms with Gasteiger partial charge in [0.05, 0.1) is 5.52 Å². The van der Waals surface area contributed by atoms with Gasteiger partial charge in [-0.1, -0.05) is 25.1 Å². The Labute approximate surface area is 81.4 Å². The Morgan fingerprint density at radius 2 is 2.08 bits per heavy atom. The van der Waals surface area contributed by atoms with Crippen molar-refractivity contribution in [3.8, 4) is 0 Å². The smallest absolute Gasteiger partial charge is 0.117 e. The number of thioether (sulfide) groups is 1. The minimum absolute atomic E-state index is 1.02. The van der Waals surface area contributed by atoms with Gasteiger partial charge in [0.2, 0.25) is 0 Å². The summed E-state index contributed by atoms with van der Waals surface area (Å²) in [5.41, 5.74) is 1.02. The standard InChI is InChI=1S/C10H10N2S/c1-2-13-10-8-5-3-4-6-9(8)11-7-12-10/h3-7H,2H2,1H3. The Hall–Kier alpha value is -1.09. The summed E-state index contributed by atoms with van der Waals surface area (Å²) >= 11 is 1.75. The zero-order valence-electron chi connectivity index (χ0n) is 7.40. The number of benzene rings is 1. The second kappa shape index (κ2) is 3.75. The Balaban J connectivity index is 2.61. The molecule has 0 amide bonds. The lowest BCUT2D eigenvalue weighted by Gasteiger charge is -2.01. The van der Waals surface area contributed by atoms with Crippen molar-refractivity contribution in [2.75, 3.05) is 5.75 Å². The summed E-state index contributed by atoms with van der Waals surface area (Å²) in [7, 11) is 0. The lowest BCUT2D eigenvalue weighted by atomic mass is 10.2. The molecule has 1 aromatic heterocycles. The van der Waals surface area contributed by atoms with E-state index in [4.69, 9.17) is 0 Å². The second-order valence-electron chi connectivity index (χ2n) is 2.63. The summed E-state index contributed by atoms with van der Waals surface area (Å²) < 4.78 is 0. The van der Waals surface area contributed by atoms with Crippen molar-refractivity contribution in [2.45, 2.75) is 11.9 Å². The van der Waals surface area contributed by atoms with E-state index in [1.54, 1.807) is 18.1 Å². The monoisotopic (exact) mass is 190 g/mol. The SMILES string of the molecule is CCSc1ncnc2ccccc12. The highest BCUT2D eigenvalue weighted by Gasteiger charge is 2.00. The average molecular weight is 190 g/mol. The topological polar surface area (TPSA) is 25.8 Å². The number of aromatic nitrogens is 2. The molecular formula is C10H10N2S. The van der Waals surface area contributed by atoms with E-state index < -0.39 is 0 Å². The molecule has 0 bridgehead atoms. The lowest BCUT2D eigenvalue weighted by Crippen LogP contribution is -1.86. The van der Waals surface area contributed by atoms with Crippen LogP contribution in [-0.4, -0.2) is 15.7 Å². The Morgan fingerprint density at radius 1 is 1.23 bits per heavy atom. The van der Waals surface area contributed by atoms with E-state index in [2.05, 4.69) is 23.0 Å². The van der Waals surface area contributed by atoms with Gasteiger partial charge < -0.3 is 0 Å². The maximum absolute atomic E-state index is 4.25. The van der Waals surface area contributed by atoms with Gasteiger partial charge in [-0.25, -0.2) is 9.97 Å². The van der Waals surface area contributed by atoms with Crippen LogP contribution in [0, 0.1) is 0 Å². The normalized spacial score (nSPS) is 10.5. The summed E-state index contributed by atoms with van der Waals surface area (Å²) in [6.45, 7) is 2.13. The molecule has 2 aromatic rings. The molecule has 0 saturated carbocycles. The highest BCUT2D eigenvalue weighted by atomic mass is 32.2. The van der Waals surface area contributed by atoms with Gasteiger partial charge in [0.1, 0.15) is 11.4 Å². The Kier molecular flexibility index (Phi) is 2.45. The molecule has 66 valence electrons. The van der Waals surface area contributed by atoms with Crippen LogP contribution >= 0.6 is 11.8 Å². The number of nitrogens with zero attached hydrogens (tertiary/aromatic N) is 2. The van der Waals surface area contributed by atoms with E-state index in [0.717, 1.165) is 21.7 Å². The molecule has 3 heteroatoms. The zero-order valence-corrected chi connectivity index (χ0v) is 8.21. The van der Waals surface area contributed by atoms with Crippen LogP contribution in [0.2, 0.25) is 0 Å². The third-order valence-electron chi connectivity index (χ3n) is 1.79. The lowest BCUT2D eigenvalue weighted by molar-refractivity contribution is 1.10. The molecule has 1 heterocycles. The molecule has 1 aromatic carbocycles. The molecule has 0 atom stereocenters. The van der Waals surface area contributed by atoms with Crippen LogP contribution in [-0.2, 0) is 0 Å². The average Bonchev–Trinajstić information content (AvgIpc) is 2.19. The van der Waals surface area contributed by atoms with Crippen molar-refractivity contribution in [3.63, 3.8) is 0 Å². The Morgan fingerprint density at radius 3 is 2.92 bits per heavy atom. The molecule has 0 aliphatic carbocycles. The molecule has 0 aliphatic heterocycles. The first-order valence-electron chi connectivity index (χ1n) is 4.24. The van der Waals surface area contributed by atoms with Gasteiger partial charge in [-0.3, -0.25) is 0 Å². The van der Waals surface area contributed by atoms with Crippen LogP contribution in [0.5, 0.6) is 0 Å². The van der Waals surface area contributed by atoms with Crippen molar-refractivity contribution in [1.82, 2.24) is 9.97 Å². The largest absolute Gasteiger partial charge is 0.236 e. The van der Waals surface area contributed by atoms with Crippen LogP contribution in [0.1, 0.15) is 6.92 Å². The van der Waals surface area contributed by atoms with E-state index in [0.29, 0.717) is 0 Å². The van der Waals surface area contributed by atoms with Crippen LogP contribution < -0.4 is 0 Å². The van der Waals surface area contributed by atoms with E-state index in [9.17, 15) is 0 Å². The van der Waals surface area contributed by atoms with Crippen molar-refractivity contribution in [2.24, 2.45) is 0 Å². The molecule has 2 nitrogen and oxygen atoms in total. The maximum Gasteiger partial charge on any atom is 0.117 e. The van der Waals surface area contributed by atoms with Crippen molar-refractivity contribution < 1.29 is 0 Å². The summed E-state index contributed by atoms with van der Waals surface area (Å²) in [4.78, 5) is 8.45. The van der Waals surface area contributed by atoms with Crippen molar-refractivity contribution >= 4 is 22.7 Å². The van der Waals surface area contributed by atoms with Gasteiger partial charge in [0, 0.05) is 5.39 Å². The fourth-order valence-corrected chi connectivity index (χ4v) is 1.96. The second-order valence-corrected chi connectivity index (χ2v) is 3.88. The van der Waals surface area contributed by atoms with Gasteiger partial charge in [0.15, 0.2) is 0 Å². The van der Waals surface area contributed by atoms with Crippen molar-refractivity contribution in [3.05, 3.63) is 30.6 Å². The molecule has 0 fully saturated rings. The summed E-state index contributed by atoms with van der Waals surface area (Å²) in [5.74, 6) is 1.04. The number of rotatable bonds is 2. The van der Waals surface area contributed by atoms with Crippen LogP contribution in [0.15, 0.2) is 35.6 Å². The first-order valence-corrected chi connectivity index (χ1v) is 5.23. The van der Waals surface area contributed by atoms with Gasteiger partial charge in [-0.15, -0.1) is 11.8 Å². The van der Waals surface area contributed by atoms with Crippen molar-refractivity contribution in [1.29, 1.82) is 0 Å². The molecule has 0 unspecified atom stereocenters. The fourth-order valence-electron chi connectivity index (χ4n) is 1.23. The van der Waals surface area contributed by atoms with E-state index >= 15 is 0 Å². The predicted molar refractivity (Wildman–Crippen MR) is 55.9 cm³/mol. The van der Waals surface area contributed by atoms with Gasteiger partial charge in [-0.05, 0) is 11.8 Å². The minimum atomic E-state index is 1.02. The van der Waals surface area contributed by atoms with E-state index in [1.165, 1.54) is 0 Å². The molecule has 0 spiro atoms. The highest BCUT2D eigenvalue weighted by molar-refractivity contribution is 7.99. The van der Waals surface area contributed by atoms with E-state index in [1.807, 2.05) is 18.2 Å². The number of fused-ring (bicyclic) bond motifs is 1. The van der Waals surface area contributed by atoms with Gasteiger partial charge in [0.25, 0.3) is 0 Å². The molecular weight excluding hydrogens is 180 g/mol. The molecule has 2 rings (SSSR count). The zero-order chi connectivity index (χ0) is 9.10. The fraction of sp³-hybridized carbons (Fsp3) is 0.200. The van der Waals surface area contributed by atoms with E-state index in [-0.39, 0.29) is 0 Å². The molecule has 0 radical (unpaired) electrons. The minimum Gasteiger partial charge on any atom is -0.236 e. The predicted octanol–water partition coefficient (Wildman–Crippen LogP) is 2.74. The Bertz CT molecular complexity index is 409. The summed E-state index contributed by atoms with van der Waals surface area (Å²) in [5, 5.41) is 2.23. The quantitative estimate of drug-likeness (QED) is 0.538. The van der Waals surface area contributed by atoms with Crippen LogP contribution in [0.4, 0.5) is 0 Å². The maximum atomic E-state index is 4.25. The first kappa shape index (κ1) is 8.51.